The molecule has 0 aliphatic rings. The summed E-state index contributed by atoms with van der Waals surface area (Å²) in [5.74, 6) is -1.58. The predicted molar refractivity (Wildman–Crippen MR) is 230 cm³/mol. The zero-order chi connectivity index (χ0) is 42.2. The summed E-state index contributed by atoms with van der Waals surface area (Å²) in [6.07, 6.45) is -1.22. The summed E-state index contributed by atoms with van der Waals surface area (Å²) in [5.41, 5.74) is 4.70. The molecular weight excluding hydrogens is 745 g/mol. The smallest absolute Gasteiger partial charge is 0.329 e. The molecule has 12 nitrogen and oxygen atoms in total. The molecule has 59 heavy (non-hydrogen) atoms. The van der Waals surface area contributed by atoms with Crippen molar-refractivity contribution in [1.29, 1.82) is 0 Å². The Hall–Kier alpha value is -6.08. The minimum absolute atomic E-state index is 0.132. The summed E-state index contributed by atoms with van der Waals surface area (Å²) in [4.78, 5) is 57.8. The van der Waals surface area contributed by atoms with E-state index in [1.807, 2.05) is 154 Å². The number of carbonyl (C=O) groups excluding carboxylic acids is 4. The Morgan fingerprint density at radius 2 is 1.20 bits per heavy atom. The number of nitrogens with zero attached hydrogens (tertiary/aromatic N) is 2. The van der Waals surface area contributed by atoms with Crippen LogP contribution >= 0.6 is 0 Å². The molecule has 2 atom stereocenters. The van der Waals surface area contributed by atoms with Gasteiger partial charge in [-0.3, -0.25) is 19.8 Å². The molecule has 2 unspecified atom stereocenters. The topological polar surface area (TPSA) is 141 Å². The lowest BCUT2D eigenvalue weighted by Crippen LogP contribution is -2.58. The van der Waals surface area contributed by atoms with E-state index in [1.165, 1.54) is 12.1 Å². The van der Waals surface area contributed by atoms with Gasteiger partial charge in [0, 0.05) is 33.4 Å². The molecule has 0 bridgehead atoms. The molecule has 0 radical (unpaired) electrons. The second-order valence-corrected chi connectivity index (χ2v) is 14.2. The normalized spacial score (nSPS) is 12.5. The van der Waals surface area contributed by atoms with Gasteiger partial charge in [-0.05, 0) is 60.7 Å². The minimum Gasteiger partial charge on any atom is -0.351 e. The highest BCUT2D eigenvalue weighted by Crippen LogP contribution is 2.37. The number of carbonyl (C=O) groups is 4. The number of hydrazine groups is 1. The van der Waals surface area contributed by atoms with Gasteiger partial charge < -0.3 is 30.3 Å². The second-order valence-electron chi connectivity index (χ2n) is 14.2. The summed E-state index contributed by atoms with van der Waals surface area (Å²) in [7, 11) is 1.54. The van der Waals surface area contributed by atoms with Crippen molar-refractivity contribution in [2.24, 2.45) is 0 Å². The second kappa shape index (κ2) is 21.6. The van der Waals surface area contributed by atoms with Gasteiger partial charge in [-0.25, -0.2) is 9.80 Å². The van der Waals surface area contributed by atoms with Crippen molar-refractivity contribution in [3.05, 3.63) is 156 Å². The number of benzene rings is 5. The van der Waals surface area contributed by atoms with Gasteiger partial charge in [0.05, 0.1) is 19.0 Å². The summed E-state index contributed by atoms with van der Waals surface area (Å²) in [6, 6.07) is 40.3. The molecule has 0 saturated heterocycles. The summed E-state index contributed by atoms with van der Waals surface area (Å²) in [6.45, 7) is 8.22. The first-order chi connectivity index (χ1) is 28.6. The van der Waals surface area contributed by atoms with E-state index < -0.39 is 54.1 Å². The molecule has 12 heteroatoms. The van der Waals surface area contributed by atoms with Crippen molar-refractivity contribution in [2.75, 3.05) is 33.4 Å². The van der Waals surface area contributed by atoms with Crippen LogP contribution in [0.2, 0.25) is 0 Å². The van der Waals surface area contributed by atoms with Crippen LogP contribution in [0.25, 0.3) is 10.8 Å². The lowest BCUT2D eigenvalue weighted by atomic mass is 9.77. The van der Waals surface area contributed by atoms with E-state index in [9.17, 15) is 14.4 Å². The number of hydrogen-bond donors (Lipinski definition) is 4. The Bertz CT molecular complexity index is 2010. The van der Waals surface area contributed by atoms with E-state index in [-0.39, 0.29) is 13.1 Å². The Morgan fingerprint density at radius 1 is 0.678 bits per heavy atom. The maximum atomic E-state index is 15.3. The van der Waals surface area contributed by atoms with Gasteiger partial charge in [0.25, 0.3) is 0 Å². The summed E-state index contributed by atoms with van der Waals surface area (Å²) >= 11 is 0. The Morgan fingerprint density at radius 3 is 1.75 bits per heavy atom. The fourth-order valence-corrected chi connectivity index (χ4v) is 7.33. The molecule has 5 rings (SSSR count). The average Bonchev–Trinajstić information content (AvgIpc) is 3.25. The molecule has 5 aromatic rings. The minimum atomic E-state index is -1.35. The van der Waals surface area contributed by atoms with Crippen molar-refractivity contribution in [3.63, 3.8) is 0 Å². The largest absolute Gasteiger partial charge is 0.351 e. The van der Waals surface area contributed by atoms with Crippen LogP contribution in [0.3, 0.4) is 0 Å². The predicted octanol–water partition coefficient (Wildman–Crippen LogP) is 6.11. The Kier molecular flexibility index (Phi) is 16.1. The van der Waals surface area contributed by atoms with Crippen LogP contribution in [0.5, 0.6) is 0 Å². The van der Waals surface area contributed by atoms with Crippen molar-refractivity contribution >= 4 is 34.5 Å². The van der Waals surface area contributed by atoms with Crippen molar-refractivity contribution in [3.8, 4) is 0 Å². The molecule has 0 aromatic heterocycles. The lowest BCUT2D eigenvalue weighted by molar-refractivity contribution is -0.180. The fourth-order valence-electron chi connectivity index (χ4n) is 7.33. The molecule has 0 saturated carbocycles. The van der Waals surface area contributed by atoms with Gasteiger partial charge >= 0.3 is 6.03 Å². The quantitative estimate of drug-likeness (QED) is 0.0424. The molecule has 4 N–H and O–H groups in total. The molecule has 0 aliphatic heterocycles. The number of amides is 5. The number of nitrogens with one attached hydrogen (secondary N) is 4. The molecule has 0 spiro atoms. The van der Waals surface area contributed by atoms with Crippen molar-refractivity contribution in [2.45, 2.75) is 64.6 Å². The maximum Gasteiger partial charge on any atom is 0.329 e. The Labute approximate surface area is 347 Å². The highest BCUT2D eigenvalue weighted by molar-refractivity contribution is 5.94. The van der Waals surface area contributed by atoms with E-state index in [4.69, 9.17) is 9.47 Å². The number of urea groups is 1. The molecule has 5 amide bonds. The van der Waals surface area contributed by atoms with Crippen LogP contribution in [0.15, 0.2) is 133 Å². The first-order valence-electron chi connectivity index (χ1n) is 20.1. The van der Waals surface area contributed by atoms with Gasteiger partial charge in [0.2, 0.25) is 17.7 Å². The van der Waals surface area contributed by atoms with E-state index in [0.717, 1.165) is 33.0 Å². The van der Waals surface area contributed by atoms with Crippen LogP contribution < -0.4 is 21.4 Å². The molecular formula is C47H56N6O6. The molecule has 5 aromatic carbocycles. The van der Waals surface area contributed by atoms with Gasteiger partial charge in [-0.2, -0.15) is 0 Å². The number of ether oxygens (including phenoxy) is 2. The number of hydrogen-bond acceptors (Lipinski definition) is 7. The number of likely N-dealkylation sites (N-methyl/N-ethyl adjacent to an activating group) is 1. The van der Waals surface area contributed by atoms with Gasteiger partial charge in [-0.1, -0.05) is 133 Å². The first-order valence-corrected chi connectivity index (χ1v) is 20.1. The highest BCUT2D eigenvalue weighted by Gasteiger charge is 2.40. The van der Waals surface area contributed by atoms with Crippen LogP contribution in [-0.4, -0.2) is 85.4 Å². The van der Waals surface area contributed by atoms with Crippen LogP contribution in [-0.2, 0) is 35.9 Å². The first kappa shape index (κ1) is 44.0. The molecule has 0 aliphatic carbocycles. The van der Waals surface area contributed by atoms with Crippen LogP contribution in [0.4, 0.5) is 4.79 Å². The Balaban J connectivity index is 1.58. The maximum absolute atomic E-state index is 15.3. The average molecular weight is 801 g/mol. The van der Waals surface area contributed by atoms with Crippen LogP contribution in [0, 0.1) is 0 Å². The standard InChI is InChI=1S/C47H56N6O6/c1-6-48-46(57)51-52(5)33-43(55)49-41(44(56)53(34(4)45(58-7-2)59-8-3)32-36-23-20-22-35-21-18-19-30-40(35)36)31-42(54)50-47(37-24-12-9-13-25-37,38-26-14-10-15-27-38)39-28-16-11-17-29-39/h9-30,34,41,45H,6-8,31-33H2,1-5H3,(H,49,55)(H,50,54)(H2,48,51,57). The molecule has 0 fully saturated rings. The monoisotopic (exact) mass is 800 g/mol. The highest BCUT2D eigenvalue weighted by atomic mass is 16.7. The third-order valence-corrected chi connectivity index (χ3v) is 10.0. The van der Waals surface area contributed by atoms with Gasteiger partial charge in [-0.15, -0.1) is 0 Å². The zero-order valence-corrected chi connectivity index (χ0v) is 34.5. The van der Waals surface area contributed by atoms with E-state index in [1.54, 1.807) is 11.8 Å². The van der Waals surface area contributed by atoms with E-state index in [0.29, 0.717) is 19.8 Å². The molecule has 0 heterocycles. The van der Waals surface area contributed by atoms with Gasteiger partial charge in [0.1, 0.15) is 11.6 Å². The zero-order valence-electron chi connectivity index (χ0n) is 34.5. The number of rotatable bonds is 20. The van der Waals surface area contributed by atoms with E-state index in [2.05, 4.69) is 21.4 Å². The van der Waals surface area contributed by atoms with Crippen LogP contribution in [0.1, 0.15) is 56.4 Å². The van der Waals surface area contributed by atoms with E-state index >= 15 is 4.79 Å². The SMILES string of the molecule is CCNC(=O)NN(C)CC(=O)NC(CC(=O)NC(c1ccccc1)(c1ccccc1)c1ccccc1)C(=O)N(Cc1cccc2ccccc12)C(C)C(OCC)OCC. The third kappa shape index (κ3) is 11.3. The summed E-state index contributed by atoms with van der Waals surface area (Å²) < 4.78 is 12.1. The summed E-state index contributed by atoms with van der Waals surface area (Å²) in [5, 5.41) is 12.1. The lowest BCUT2D eigenvalue weighted by Gasteiger charge is -2.38. The third-order valence-electron chi connectivity index (χ3n) is 10.0. The van der Waals surface area contributed by atoms with Crippen molar-refractivity contribution in [1.82, 2.24) is 31.3 Å². The number of fused-ring (bicyclic) bond motifs is 1. The van der Waals surface area contributed by atoms with Crippen molar-refractivity contribution < 1.29 is 28.7 Å². The van der Waals surface area contributed by atoms with Gasteiger partial charge in [0.15, 0.2) is 6.29 Å². The molecule has 310 valence electrons. The fraction of sp³-hybridized carbons (Fsp3) is 0.319.